The third-order valence-corrected chi connectivity index (χ3v) is 4.05. The average Bonchev–Trinajstić information content (AvgIpc) is 2.38. The van der Waals surface area contributed by atoms with Crippen molar-refractivity contribution in [2.24, 2.45) is 5.73 Å². The SMILES string of the molecule is CCCSCC(N)c1cccc2ccncc12. The van der Waals surface area contributed by atoms with Crippen molar-refractivity contribution in [3.8, 4) is 0 Å². The number of thioether (sulfide) groups is 1. The minimum absolute atomic E-state index is 0.0967. The van der Waals surface area contributed by atoms with Crippen LogP contribution in [0.5, 0.6) is 0 Å². The Morgan fingerprint density at radius 1 is 1.35 bits per heavy atom. The maximum absolute atomic E-state index is 6.25. The molecule has 0 radical (unpaired) electrons. The molecule has 17 heavy (non-hydrogen) atoms. The summed E-state index contributed by atoms with van der Waals surface area (Å²) in [4.78, 5) is 4.19. The van der Waals surface area contributed by atoms with Crippen LogP contribution in [-0.4, -0.2) is 16.5 Å². The molecule has 0 amide bonds. The number of pyridine rings is 1. The van der Waals surface area contributed by atoms with Gasteiger partial charge < -0.3 is 5.73 Å². The Morgan fingerprint density at radius 3 is 3.06 bits per heavy atom. The van der Waals surface area contributed by atoms with Crippen molar-refractivity contribution in [3.05, 3.63) is 42.2 Å². The van der Waals surface area contributed by atoms with E-state index >= 15 is 0 Å². The molecule has 1 atom stereocenters. The van der Waals surface area contributed by atoms with E-state index in [0.29, 0.717) is 0 Å². The molecule has 1 aromatic carbocycles. The number of fused-ring (bicyclic) bond motifs is 1. The van der Waals surface area contributed by atoms with Crippen molar-refractivity contribution in [1.82, 2.24) is 4.98 Å². The Kier molecular flexibility index (Phi) is 4.40. The first-order valence-corrected chi connectivity index (χ1v) is 7.14. The molecule has 90 valence electrons. The van der Waals surface area contributed by atoms with E-state index in [-0.39, 0.29) is 6.04 Å². The summed E-state index contributed by atoms with van der Waals surface area (Å²) in [6, 6.07) is 8.42. The molecular weight excluding hydrogens is 228 g/mol. The summed E-state index contributed by atoms with van der Waals surface area (Å²) in [5.41, 5.74) is 7.46. The zero-order chi connectivity index (χ0) is 12.1. The van der Waals surface area contributed by atoms with Crippen LogP contribution in [0.1, 0.15) is 24.9 Å². The summed E-state index contributed by atoms with van der Waals surface area (Å²) < 4.78 is 0. The largest absolute Gasteiger partial charge is 0.323 e. The van der Waals surface area contributed by atoms with E-state index in [0.717, 1.165) is 5.75 Å². The molecule has 0 fully saturated rings. The summed E-state index contributed by atoms with van der Waals surface area (Å²) in [5.74, 6) is 2.15. The van der Waals surface area contributed by atoms with E-state index in [1.54, 1.807) is 0 Å². The monoisotopic (exact) mass is 246 g/mol. The lowest BCUT2D eigenvalue weighted by Crippen LogP contribution is -2.13. The molecule has 0 spiro atoms. The molecular formula is C14H18N2S. The van der Waals surface area contributed by atoms with E-state index in [4.69, 9.17) is 5.73 Å². The van der Waals surface area contributed by atoms with Gasteiger partial charge in [-0.25, -0.2) is 0 Å². The molecule has 1 aromatic heterocycles. The molecule has 0 aliphatic heterocycles. The normalized spacial score (nSPS) is 12.8. The number of hydrogen-bond donors (Lipinski definition) is 1. The third-order valence-electron chi connectivity index (χ3n) is 2.76. The van der Waals surface area contributed by atoms with Crippen LogP contribution >= 0.6 is 11.8 Å². The first-order chi connectivity index (χ1) is 8.33. The van der Waals surface area contributed by atoms with Gasteiger partial charge in [-0.2, -0.15) is 11.8 Å². The highest BCUT2D eigenvalue weighted by Gasteiger charge is 2.09. The van der Waals surface area contributed by atoms with Gasteiger partial charge in [-0.05, 0) is 29.2 Å². The van der Waals surface area contributed by atoms with E-state index < -0.39 is 0 Å². The summed E-state index contributed by atoms with van der Waals surface area (Å²) in [6.45, 7) is 2.19. The fraction of sp³-hybridized carbons (Fsp3) is 0.357. The Balaban J connectivity index is 2.22. The van der Waals surface area contributed by atoms with Gasteiger partial charge in [0.2, 0.25) is 0 Å². The van der Waals surface area contributed by atoms with Gasteiger partial charge in [0.25, 0.3) is 0 Å². The number of rotatable bonds is 5. The lowest BCUT2D eigenvalue weighted by Gasteiger charge is -2.13. The van der Waals surface area contributed by atoms with E-state index in [9.17, 15) is 0 Å². The van der Waals surface area contributed by atoms with Crippen molar-refractivity contribution < 1.29 is 0 Å². The van der Waals surface area contributed by atoms with Crippen LogP contribution in [0.4, 0.5) is 0 Å². The maximum Gasteiger partial charge on any atom is 0.0393 e. The number of benzene rings is 1. The van der Waals surface area contributed by atoms with Gasteiger partial charge in [0.15, 0.2) is 0 Å². The second-order valence-corrected chi connectivity index (χ2v) is 5.28. The molecule has 2 nitrogen and oxygen atoms in total. The number of nitrogens with two attached hydrogens (primary N) is 1. The zero-order valence-corrected chi connectivity index (χ0v) is 10.9. The Morgan fingerprint density at radius 2 is 2.24 bits per heavy atom. The van der Waals surface area contributed by atoms with Crippen molar-refractivity contribution in [1.29, 1.82) is 0 Å². The van der Waals surface area contributed by atoms with Crippen molar-refractivity contribution >= 4 is 22.5 Å². The fourth-order valence-corrected chi connectivity index (χ4v) is 2.79. The van der Waals surface area contributed by atoms with Gasteiger partial charge in [-0.15, -0.1) is 0 Å². The van der Waals surface area contributed by atoms with Crippen LogP contribution in [0.3, 0.4) is 0 Å². The minimum Gasteiger partial charge on any atom is -0.323 e. The van der Waals surface area contributed by atoms with Crippen molar-refractivity contribution in [2.75, 3.05) is 11.5 Å². The van der Waals surface area contributed by atoms with Gasteiger partial charge in [0, 0.05) is 29.6 Å². The van der Waals surface area contributed by atoms with Crippen molar-refractivity contribution in [3.63, 3.8) is 0 Å². The second kappa shape index (κ2) is 6.03. The average molecular weight is 246 g/mol. The Hall–Kier alpha value is -1.06. The predicted octanol–water partition coefficient (Wildman–Crippen LogP) is 3.38. The highest BCUT2D eigenvalue weighted by molar-refractivity contribution is 7.99. The van der Waals surface area contributed by atoms with Crippen LogP contribution in [-0.2, 0) is 0 Å². The summed E-state index contributed by atoms with van der Waals surface area (Å²) in [6.07, 6.45) is 4.94. The molecule has 2 N–H and O–H groups in total. The van der Waals surface area contributed by atoms with Gasteiger partial charge in [0.1, 0.15) is 0 Å². The topological polar surface area (TPSA) is 38.9 Å². The van der Waals surface area contributed by atoms with Crippen LogP contribution in [0, 0.1) is 0 Å². The zero-order valence-electron chi connectivity index (χ0n) is 10.1. The number of nitrogens with zero attached hydrogens (tertiary/aromatic N) is 1. The third kappa shape index (κ3) is 2.99. The fourth-order valence-electron chi connectivity index (χ4n) is 1.90. The van der Waals surface area contributed by atoms with Gasteiger partial charge in [-0.1, -0.05) is 25.1 Å². The summed E-state index contributed by atoms with van der Waals surface area (Å²) >= 11 is 1.92. The predicted molar refractivity (Wildman–Crippen MR) is 76.3 cm³/mol. The van der Waals surface area contributed by atoms with Crippen LogP contribution in [0.25, 0.3) is 10.8 Å². The Bertz CT molecular complexity index is 479. The van der Waals surface area contributed by atoms with Gasteiger partial charge in [-0.3, -0.25) is 4.98 Å². The molecule has 0 saturated heterocycles. The molecule has 3 heteroatoms. The molecule has 0 aliphatic carbocycles. The second-order valence-electron chi connectivity index (χ2n) is 4.13. The lowest BCUT2D eigenvalue weighted by molar-refractivity contribution is 0.838. The standard InChI is InChI=1S/C14H18N2S/c1-2-8-17-10-14(15)12-5-3-4-11-6-7-16-9-13(11)12/h3-7,9,14H,2,8,10,15H2,1H3. The number of hydrogen-bond acceptors (Lipinski definition) is 3. The molecule has 0 saturated carbocycles. The molecule has 2 rings (SSSR count). The quantitative estimate of drug-likeness (QED) is 0.822. The Labute approximate surface area is 107 Å². The first-order valence-electron chi connectivity index (χ1n) is 5.99. The van der Waals surface area contributed by atoms with Crippen molar-refractivity contribution in [2.45, 2.75) is 19.4 Å². The molecule has 1 heterocycles. The van der Waals surface area contributed by atoms with E-state index in [1.807, 2.05) is 30.2 Å². The van der Waals surface area contributed by atoms with Gasteiger partial charge >= 0.3 is 0 Å². The smallest absolute Gasteiger partial charge is 0.0393 e. The highest BCUT2D eigenvalue weighted by atomic mass is 32.2. The summed E-state index contributed by atoms with van der Waals surface area (Å²) in [7, 11) is 0. The van der Waals surface area contributed by atoms with Crippen LogP contribution < -0.4 is 5.73 Å². The molecule has 1 unspecified atom stereocenters. The summed E-state index contributed by atoms with van der Waals surface area (Å²) in [5, 5.41) is 2.40. The maximum atomic E-state index is 6.25. The highest BCUT2D eigenvalue weighted by Crippen LogP contribution is 2.24. The molecule has 0 aliphatic rings. The van der Waals surface area contributed by atoms with Crippen LogP contribution in [0.2, 0.25) is 0 Å². The number of aromatic nitrogens is 1. The van der Waals surface area contributed by atoms with E-state index in [1.165, 1.54) is 28.5 Å². The van der Waals surface area contributed by atoms with Gasteiger partial charge in [0.05, 0.1) is 0 Å². The molecule has 2 aromatic rings. The lowest BCUT2D eigenvalue weighted by atomic mass is 10.0. The van der Waals surface area contributed by atoms with E-state index in [2.05, 4.69) is 30.1 Å². The van der Waals surface area contributed by atoms with Crippen LogP contribution in [0.15, 0.2) is 36.7 Å². The minimum atomic E-state index is 0.0967. The molecule has 0 bridgehead atoms. The first kappa shape index (κ1) is 12.4.